The molecule has 0 radical (unpaired) electrons. The van der Waals surface area contributed by atoms with Crippen LogP contribution in [0, 0.1) is 5.92 Å². The van der Waals surface area contributed by atoms with Gasteiger partial charge in [-0.3, -0.25) is 0 Å². The molecule has 0 amide bonds. The van der Waals surface area contributed by atoms with Gasteiger partial charge in [0.1, 0.15) is 6.61 Å². The Hall–Kier alpha value is -1.52. The van der Waals surface area contributed by atoms with Crippen molar-refractivity contribution in [2.45, 2.75) is 33.4 Å². The van der Waals surface area contributed by atoms with Crippen LogP contribution in [0.3, 0.4) is 0 Å². The predicted octanol–water partition coefficient (Wildman–Crippen LogP) is 5.17. The minimum absolute atomic E-state index is 0.520. The Morgan fingerprint density at radius 1 is 1.08 bits per heavy atom. The average molecular weight is 392 g/mol. The number of methoxy groups -OCH3 is 1. The summed E-state index contributed by atoms with van der Waals surface area (Å²) in [6, 6.07) is 14.1. The largest absolute Gasteiger partial charge is 0.493 e. The Balaban J connectivity index is 2.12. The zero-order valence-corrected chi connectivity index (χ0v) is 16.2. The Morgan fingerprint density at radius 2 is 1.83 bits per heavy atom. The van der Waals surface area contributed by atoms with Crippen molar-refractivity contribution >= 4 is 15.9 Å². The van der Waals surface area contributed by atoms with Gasteiger partial charge in [0.25, 0.3) is 0 Å². The molecule has 1 N–H and O–H groups in total. The van der Waals surface area contributed by atoms with Gasteiger partial charge in [0, 0.05) is 16.6 Å². The molecule has 2 rings (SSSR count). The number of benzene rings is 2. The highest BCUT2D eigenvalue weighted by atomic mass is 79.9. The molecular formula is C20H26BrNO2. The zero-order valence-electron chi connectivity index (χ0n) is 14.6. The van der Waals surface area contributed by atoms with Crippen molar-refractivity contribution in [2.75, 3.05) is 13.7 Å². The van der Waals surface area contributed by atoms with Crippen LogP contribution in [-0.2, 0) is 13.2 Å². The molecule has 0 saturated heterocycles. The maximum absolute atomic E-state index is 6.11. The highest BCUT2D eigenvalue weighted by Crippen LogP contribution is 2.36. The summed E-state index contributed by atoms with van der Waals surface area (Å²) in [6.07, 6.45) is 1.15. The standard InChI is InChI=1S/C20H26BrNO2/c1-15(2)11-12-22-13-17-18(21)9-10-19(23-3)20(17)24-14-16-7-5-4-6-8-16/h4-10,15,22H,11-14H2,1-3H3. The molecule has 3 nitrogen and oxygen atoms in total. The summed E-state index contributed by atoms with van der Waals surface area (Å²) < 4.78 is 12.6. The maximum atomic E-state index is 6.11. The van der Waals surface area contributed by atoms with Crippen LogP contribution in [0.1, 0.15) is 31.4 Å². The van der Waals surface area contributed by atoms with Crippen LogP contribution in [0.2, 0.25) is 0 Å². The first-order valence-electron chi connectivity index (χ1n) is 8.34. The van der Waals surface area contributed by atoms with Crippen LogP contribution in [0.5, 0.6) is 11.5 Å². The molecule has 0 aliphatic rings. The van der Waals surface area contributed by atoms with Gasteiger partial charge >= 0.3 is 0 Å². The molecule has 0 aliphatic heterocycles. The van der Waals surface area contributed by atoms with Gasteiger partial charge in [0.05, 0.1) is 7.11 Å². The van der Waals surface area contributed by atoms with E-state index in [9.17, 15) is 0 Å². The summed E-state index contributed by atoms with van der Waals surface area (Å²) >= 11 is 3.64. The lowest BCUT2D eigenvalue weighted by atomic mass is 10.1. The third-order valence-electron chi connectivity index (χ3n) is 3.81. The third kappa shape index (κ3) is 5.53. The van der Waals surface area contributed by atoms with Crippen LogP contribution >= 0.6 is 15.9 Å². The lowest BCUT2D eigenvalue weighted by Gasteiger charge is -2.17. The van der Waals surface area contributed by atoms with E-state index >= 15 is 0 Å². The molecule has 0 bridgehead atoms. The van der Waals surface area contributed by atoms with Gasteiger partial charge in [-0.2, -0.15) is 0 Å². The van der Waals surface area contributed by atoms with Crippen LogP contribution < -0.4 is 14.8 Å². The van der Waals surface area contributed by atoms with Crippen LogP contribution in [0.15, 0.2) is 46.9 Å². The summed E-state index contributed by atoms with van der Waals surface area (Å²) in [7, 11) is 1.68. The van der Waals surface area contributed by atoms with E-state index < -0.39 is 0 Å². The van der Waals surface area contributed by atoms with Gasteiger partial charge in [-0.05, 0) is 36.6 Å². The molecule has 24 heavy (non-hydrogen) atoms. The normalized spacial score (nSPS) is 10.9. The zero-order chi connectivity index (χ0) is 17.4. The number of hydrogen-bond donors (Lipinski definition) is 1. The van der Waals surface area contributed by atoms with Crippen molar-refractivity contribution < 1.29 is 9.47 Å². The van der Waals surface area contributed by atoms with Crippen molar-refractivity contribution in [3.63, 3.8) is 0 Å². The lowest BCUT2D eigenvalue weighted by Crippen LogP contribution is -2.17. The molecule has 4 heteroatoms. The van der Waals surface area contributed by atoms with E-state index in [1.807, 2.05) is 30.3 Å². The highest BCUT2D eigenvalue weighted by molar-refractivity contribution is 9.10. The van der Waals surface area contributed by atoms with E-state index in [0.29, 0.717) is 12.5 Å². The second-order valence-electron chi connectivity index (χ2n) is 6.19. The third-order valence-corrected chi connectivity index (χ3v) is 4.56. The molecule has 0 fully saturated rings. The van der Waals surface area contributed by atoms with Crippen molar-refractivity contribution in [3.8, 4) is 11.5 Å². The molecule has 2 aromatic carbocycles. The van der Waals surface area contributed by atoms with Crippen molar-refractivity contribution in [2.24, 2.45) is 5.92 Å². The number of rotatable bonds is 9. The average Bonchev–Trinajstić information content (AvgIpc) is 2.59. The number of hydrogen-bond acceptors (Lipinski definition) is 3. The quantitative estimate of drug-likeness (QED) is 0.597. The fourth-order valence-electron chi connectivity index (χ4n) is 2.40. The molecule has 0 spiro atoms. The fraction of sp³-hybridized carbons (Fsp3) is 0.400. The van der Waals surface area contributed by atoms with Gasteiger partial charge in [0.15, 0.2) is 11.5 Å². The maximum Gasteiger partial charge on any atom is 0.167 e. The molecule has 0 unspecified atom stereocenters. The van der Waals surface area contributed by atoms with Gasteiger partial charge in [-0.25, -0.2) is 0 Å². The summed E-state index contributed by atoms with van der Waals surface area (Å²) in [6.45, 7) is 6.72. The first-order chi connectivity index (χ1) is 11.6. The first-order valence-corrected chi connectivity index (χ1v) is 9.14. The molecule has 130 valence electrons. The van der Waals surface area contributed by atoms with Crippen molar-refractivity contribution in [3.05, 3.63) is 58.1 Å². The van der Waals surface area contributed by atoms with Gasteiger partial charge < -0.3 is 14.8 Å². The van der Waals surface area contributed by atoms with E-state index in [1.54, 1.807) is 7.11 Å². The fourth-order valence-corrected chi connectivity index (χ4v) is 2.85. The smallest absolute Gasteiger partial charge is 0.167 e. The second-order valence-corrected chi connectivity index (χ2v) is 7.05. The monoisotopic (exact) mass is 391 g/mol. The van der Waals surface area contributed by atoms with E-state index in [2.05, 4.69) is 47.2 Å². The van der Waals surface area contributed by atoms with Crippen LogP contribution in [0.4, 0.5) is 0 Å². The Morgan fingerprint density at radius 3 is 2.50 bits per heavy atom. The van der Waals surface area contributed by atoms with E-state index in [1.165, 1.54) is 0 Å². The Labute approximate surface area is 153 Å². The molecule has 0 atom stereocenters. The molecular weight excluding hydrogens is 366 g/mol. The number of nitrogens with one attached hydrogen (secondary N) is 1. The Bertz CT molecular complexity index is 629. The number of ether oxygens (including phenoxy) is 2. The van der Waals surface area contributed by atoms with Crippen LogP contribution in [0.25, 0.3) is 0 Å². The predicted molar refractivity (Wildman–Crippen MR) is 103 cm³/mol. The molecule has 2 aromatic rings. The molecule has 0 aliphatic carbocycles. The topological polar surface area (TPSA) is 30.5 Å². The van der Waals surface area contributed by atoms with Crippen LogP contribution in [-0.4, -0.2) is 13.7 Å². The molecule has 0 aromatic heterocycles. The lowest BCUT2D eigenvalue weighted by molar-refractivity contribution is 0.280. The highest BCUT2D eigenvalue weighted by Gasteiger charge is 2.14. The van der Waals surface area contributed by atoms with E-state index in [4.69, 9.17) is 9.47 Å². The summed E-state index contributed by atoms with van der Waals surface area (Å²) in [5, 5.41) is 3.50. The van der Waals surface area contributed by atoms with Gasteiger partial charge in [-0.15, -0.1) is 0 Å². The van der Waals surface area contributed by atoms with E-state index in [-0.39, 0.29) is 0 Å². The summed E-state index contributed by atoms with van der Waals surface area (Å²) in [5.41, 5.74) is 2.23. The minimum atomic E-state index is 0.520. The molecule has 0 saturated carbocycles. The number of halogens is 1. The van der Waals surface area contributed by atoms with E-state index in [0.717, 1.165) is 46.6 Å². The van der Waals surface area contributed by atoms with Crippen molar-refractivity contribution in [1.29, 1.82) is 0 Å². The molecule has 0 heterocycles. The summed E-state index contributed by atoms with van der Waals surface area (Å²) in [5.74, 6) is 2.25. The first kappa shape index (κ1) is 18.8. The SMILES string of the molecule is COc1ccc(Br)c(CNCCC(C)C)c1OCc1ccccc1. The second kappa shape index (κ2) is 9.70. The Kier molecular flexibility index (Phi) is 7.60. The summed E-state index contributed by atoms with van der Waals surface area (Å²) in [4.78, 5) is 0. The van der Waals surface area contributed by atoms with Crippen molar-refractivity contribution in [1.82, 2.24) is 5.32 Å². The van der Waals surface area contributed by atoms with Gasteiger partial charge in [-0.1, -0.05) is 60.1 Å². The van der Waals surface area contributed by atoms with Gasteiger partial charge in [0.2, 0.25) is 0 Å². The minimum Gasteiger partial charge on any atom is -0.493 e.